The molecule has 1 aliphatic heterocycles. The normalized spacial score (nSPS) is 15.8. The highest BCUT2D eigenvalue weighted by molar-refractivity contribution is 6.31. The van der Waals surface area contributed by atoms with E-state index in [1.165, 1.54) is 0 Å². The van der Waals surface area contributed by atoms with E-state index in [4.69, 9.17) is 16.3 Å². The number of likely N-dealkylation sites (tertiary alicyclic amines) is 1. The van der Waals surface area contributed by atoms with Crippen molar-refractivity contribution >= 4 is 29.1 Å². The Kier molecular flexibility index (Phi) is 6.79. The number of amides is 2. The molecule has 1 unspecified atom stereocenters. The van der Waals surface area contributed by atoms with Gasteiger partial charge >= 0.3 is 0 Å². The van der Waals surface area contributed by atoms with Crippen LogP contribution in [-0.4, -0.2) is 45.7 Å². The molecule has 8 heteroatoms. The zero-order chi connectivity index (χ0) is 21.0. The van der Waals surface area contributed by atoms with Crippen molar-refractivity contribution in [3.8, 4) is 5.75 Å². The highest BCUT2D eigenvalue weighted by Gasteiger charge is 2.30. The number of hydrogen-bond acceptors (Lipinski definition) is 4. The zero-order valence-corrected chi connectivity index (χ0v) is 17.8. The lowest BCUT2D eigenvalue weighted by Crippen LogP contribution is -2.46. The predicted molar refractivity (Wildman–Crippen MR) is 112 cm³/mol. The number of benzene rings is 1. The number of piperidine rings is 1. The highest BCUT2D eigenvalue weighted by Crippen LogP contribution is 2.24. The van der Waals surface area contributed by atoms with E-state index in [2.05, 4.69) is 10.4 Å². The molecule has 3 rings (SSSR count). The summed E-state index contributed by atoms with van der Waals surface area (Å²) in [6.07, 6.45) is 4.13. The Bertz CT molecular complexity index is 875. The molecule has 0 saturated carbocycles. The van der Waals surface area contributed by atoms with Crippen LogP contribution in [0.2, 0.25) is 5.02 Å². The molecule has 0 bridgehead atoms. The van der Waals surface area contributed by atoms with Gasteiger partial charge in [0.2, 0.25) is 5.91 Å². The molecule has 0 spiro atoms. The van der Waals surface area contributed by atoms with Gasteiger partial charge in [-0.15, -0.1) is 0 Å². The fourth-order valence-corrected chi connectivity index (χ4v) is 3.53. The Morgan fingerprint density at radius 1 is 1.34 bits per heavy atom. The third-order valence-electron chi connectivity index (χ3n) is 5.19. The molecule has 1 aromatic carbocycles. The summed E-state index contributed by atoms with van der Waals surface area (Å²) in [5.41, 5.74) is 1.61. The molecular weight excluding hydrogens is 392 g/mol. The van der Waals surface area contributed by atoms with Crippen LogP contribution in [0.3, 0.4) is 0 Å². The van der Waals surface area contributed by atoms with Crippen LogP contribution in [0.4, 0.5) is 5.69 Å². The number of carbonyl (C=O) groups excluding carboxylic acids is 2. The second kappa shape index (κ2) is 9.31. The summed E-state index contributed by atoms with van der Waals surface area (Å²) >= 11 is 6.03. The Morgan fingerprint density at radius 3 is 2.69 bits per heavy atom. The Balaban J connectivity index is 1.49. The maximum absolute atomic E-state index is 12.7. The molecule has 2 heterocycles. The summed E-state index contributed by atoms with van der Waals surface area (Å²) in [6, 6.07) is 5.34. The van der Waals surface area contributed by atoms with E-state index >= 15 is 0 Å². The maximum atomic E-state index is 12.7. The Labute approximate surface area is 176 Å². The number of nitrogens with zero attached hydrogens (tertiary/aromatic N) is 3. The average Bonchev–Trinajstić information content (AvgIpc) is 3.17. The Morgan fingerprint density at radius 2 is 2.07 bits per heavy atom. The number of nitrogens with one attached hydrogen (secondary N) is 1. The van der Waals surface area contributed by atoms with Crippen LogP contribution >= 0.6 is 11.6 Å². The van der Waals surface area contributed by atoms with E-state index in [0.717, 1.165) is 12.1 Å². The van der Waals surface area contributed by atoms with Crippen LogP contribution < -0.4 is 10.1 Å². The van der Waals surface area contributed by atoms with Crippen molar-refractivity contribution in [3.63, 3.8) is 0 Å². The third-order valence-corrected chi connectivity index (χ3v) is 5.62. The number of hydrogen-bond donors (Lipinski definition) is 1. The van der Waals surface area contributed by atoms with Gasteiger partial charge in [0.15, 0.2) is 6.10 Å². The largest absolute Gasteiger partial charge is 0.481 e. The summed E-state index contributed by atoms with van der Waals surface area (Å²) in [7, 11) is 0. The fourth-order valence-electron chi connectivity index (χ4n) is 3.41. The molecule has 1 aliphatic rings. The first kappa shape index (κ1) is 21.2. The smallest absolute Gasteiger partial charge is 0.263 e. The summed E-state index contributed by atoms with van der Waals surface area (Å²) in [5.74, 6) is 0.420. The molecule has 2 aromatic rings. The summed E-state index contributed by atoms with van der Waals surface area (Å²) in [4.78, 5) is 27.0. The van der Waals surface area contributed by atoms with Gasteiger partial charge in [-0.25, -0.2) is 0 Å². The van der Waals surface area contributed by atoms with E-state index in [0.29, 0.717) is 42.4 Å². The molecule has 29 heavy (non-hydrogen) atoms. The molecule has 0 radical (unpaired) electrons. The molecule has 156 valence electrons. The number of aryl methyl sites for hydroxylation is 2. The molecule has 7 nitrogen and oxygen atoms in total. The molecular formula is C21H27ClN4O3. The predicted octanol–water partition coefficient (Wildman–Crippen LogP) is 3.51. The fraction of sp³-hybridized carbons (Fsp3) is 0.476. The van der Waals surface area contributed by atoms with Gasteiger partial charge in [0.1, 0.15) is 5.75 Å². The second-order valence-corrected chi connectivity index (χ2v) is 7.75. The van der Waals surface area contributed by atoms with Crippen LogP contribution in [0.5, 0.6) is 5.75 Å². The van der Waals surface area contributed by atoms with E-state index in [1.54, 1.807) is 34.8 Å². The van der Waals surface area contributed by atoms with Gasteiger partial charge in [0, 0.05) is 36.8 Å². The topological polar surface area (TPSA) is 76.5 Å². The van der Waals surface area contributed by atoms with Crippen LogP contribution in [0, 0.1) is 12.8 Å². The lowest BCUT2D eigenvalue weighted by Gasteiger charge is -2.33. The SMILES string of the molecule is CCn1cc(NC(=O)C2CCN(C(=O)C(C)Oc3ccc(Cl)c(C)c3)CC2)cn1. The van der Waals surface area contributed by atoms with E-state index < -0.39 is 6.10 Å². The minimum Gasteiger partial charge on any atom is -0.481 e. The van der Waals surface area contributed by atoms with Gasteiger partial charge in [-0.1, -0.05) is 11.6 Å². The van der Waals surface area contributed by atoms with Gasteiger partial charge in [0.05, 0.1) is 11.9 Å². The summed E-state index contributed by atoms with van der Waals surface area (Å²) in [6.45, 7) is 7.47. The van der Waals surface area contributed by atoms with Gasteiger partial charge in [-0.05, 0) is 57.4 Å². The first-order chi connectivity index (χ1) is 13.9. The number of ether oxygens (including phenoxy) is 1. The van der Waals surface area contributed by atoms with Crippen molar-refractivity contribution in [1.29, 1.82) is 0 Å². The van der Waals surface area contributed by atoms with Crippen LogP contribution in [0.25, 0.3) is 0 Å². The first-order valence-corrected chi connectivity index (χ1v) is 10.3. The number of carbonyl (C=O) groups is 2. The van der Waals surface area contributed by atoms with E-state index in [9.17, 15) is 9.59 Å². The third kappa shape index (κ3) is 5.29. The van der Waals surface area contributed by atoms with Gasteiger partial charge < -0.3 is 15.0 Å². The Hall–Kier alpha value is -2.54. The second-order valence-electron chi connectivity index (χ2n) is 7.34. The van der Waals surface area contributed by atoms with Crippen LogP contribution in [-0.2, 0) is 16.1 Å². The minimum absolute atomic E-state index is 0.0197. The summed E-state index contributed by atoms with van der Waals surface area (Å²) in [5, 5.41) is 7.74. The molecule has 1 aromatic heterocycles. The number of rotatable bonds is 6. The monoisotopic (exact) mass is 418 g/mol. The van der Waals surface area contributed by atoms with E-state index in [1.807, 2.05) is 26.1 Å². The molecule has 1 saturated heterocycles. The van der Waals surface area contributed by atoms with Crippen molar-refractivity contribution < 1.29 is 14.3 Å². The van der Waals surface area contributed by atoms with Gasteiger partial charge in [-0.3, -0.25) is 14.3 Å². The van der Waals surface area contributed by atoms with Crippen LogP contribution in [0.1, 0.15) is 32.3 Å². The molecule has 1 fully saturated rings. The number of aromatic nitrogens is 2. The molecule has 2 amide bonds. The molecule has 0 aliphatic carbocycles. The van der Waals surface area contributed by atoms with Crippen LogP contribution in [0.15, 0.2) is 30.6 Å². The minimum atomic E-state index is -0.596. The first-order valence-electron chi connectivity index (χ1n) is 9.92. The van der Waals surface area contributed by atoms with Crippen molar-refractivity contribution in [3.05, 3.63) is 41.2 Å². The highest BCUT2D eigenvalue weighted by atomic mass is 35.5. The lowest BCUT2D eigenvalue weighted by atomic mass is 9.95. The number of anilines is 1. The average molecular weight is 419 g/mol. The quantitative estimate of drug-likeness (QED) is 0.778. The molecule has 1 N–H and O–H groups in total. The van der Waals surface area contributed by atoms with Crippen molar-refractivity contribution in [2.75, 3.05) is 18.4 Å². The zero-order valence-electron chi connectivity index (χ0n) is 17.0. The maximum Gasteiger partial charge on any atom is 0.263 e. The van der Waals surface area contributed by atoms with Crippen molar-refractivity contribution in [2.24, 2.45) is 5.92 Å². The standard InChI is InChI=1S/C21H27ClN4O3/c1-4-26-13-17(12-23-26)24-20(27)16-7-9-25(10-8-16)21(28)15(3)29-18-5-6-19(22)14(2)11-18/h5-6,11-13,15-16H,4,7-10H2,1-3H3,(H,24,27). The molecule has 1 atom stereocenters. The van der Waals surface area contributed by atoms with Gasteiger partial charge in [-0.2, -0.15) is 5.10 Å². The van der Waals surface area contributed by atoms with E-state index in [-0.39, 0.29) is 17.7 Å². The summed E-state index contributed by atoms with van der Waals surface area (Å²) < 4.78 is 7.56. The lowest BCUT2D eigenvalue weighted by molar-refractivity contribution is -0.140. The van der Waals surface area contributed by atoms with Crippen molar-refractivity contribution in [2.45, 2.75) is 46.3 Å². The number of halogens is 1. The van der Waals surface area contributed by atoms with Crippen molar-refractivity contribution in [1.82, 2.24) is 14.7 Å². The van der Waals surface area contributed by atoms with Gasteiger partial charge in [0.25, 0.3) is 5.91 Å².